The number of esters is 1. The number of fused-ring (bicyclic) bond motifs is 1. The van der Waals surface area contributed by atoms with Gasteiger partial charge in [-0.25, -0.2) is 0 Å². The van der Waals surface area contributed by atoms with Crippen LogP contribution in [0.1, 0.15) is 52.1 Å². The molecule has 8 nitrogen and oxygen atoms in total. The quantitative estimate of drug-likeness (QED) is 0.450. The molecule has 3 fully saturated rings. The number of ether oxygens (including phenoxy) is 2. The first-order valence-corrected chi connectivity index (χ1v) is 12.4. The average molecular weight is 485 g/mol. The molecule has 0 saturated carbocycles. The van der Waals surface area contributed by atoms with Crippen molar-refractivity contribution in [3.8, 4) is 0 Å². The summed E-state index contributed by atoms with van der Waals surface area (Å²) in [6.45, 7) is 11.5. The molecule has 8 heteroatoms. The Bertz CT molecular complexity index is 989. The number of aliphatic hydroxyl groups is 1. The van der Waals surface area contributed by atoms with Crippen LogP contribution >= 0.6 is 0 Å². The van der Waals surface area contributed by atoms with E-state index in [0.29, 0.717) is 24.9 Å². The van der Waals surface area contributed by atoms with E-state index in [0.717, 1.165) is 0 Å². The third kappa shape index (κ3) is 3.96. The van der Waals surface area contributed by atoms with Crippen LogP contribution in [-0.4, -0.2) is 75.7 Å². The van der Waals surface area contributed by atoms with E-state index >= 15 is 0 Å². The molecule has 3 aliphatic heterocycles. The van der Waals surface area contributed by atoms with E-state index in [-0.39, 0.29) is 25.0 Å². The van der Waals surface area contributed by atoms with Gasteiger partial charge in [-0.2, -0.15) is 0 Å². The maximum absolute atomic E-state index is 14.3. The van der Waals surface area contributed by atoms with Crippen molar-refractivity contribution in [2.24, 2.45) is 11.8 Å². The second-order valence-electron chi connectivity index (χ2n) is 10.6. The molecule has 2 unspecified atom stereocenters. The van der Waals surface area contributed by atoms with Crippen LogP contribution in [0.4, 0.5) is 0 Å². The normalized spacial score (nSPS) is 30.2. The first kappa shape index (κ1) is 25.4. The second-order valence-corrected chi connectivity index (χ2v) is 10.6. The lowest BCUT2D eigenvalue weighted by molar-refractivity contribution is -0.157. The third-order valence-corrected chi connectivity index (χ3v) is 7.61. The van der Waals surface area contributed by atoms with Gasteiger partial charge in [0.2, 0.25) is 11.8 Å². The minimum atomic E-state index is -1.15. The van der Waals surface area contributed by atoms with Crippen LogP contribution in [-0.2, 0) is 23.9 Å². The van der Waals surface area contributed by atoms with Crippen LogP contribution in [0.2, 0.25) is 0 Å². The summed E-state index contributed by atoms with van der Waals surface area (Å²) >= 11 is 0. The van der Waals surface area contributed by atoms with Gasteiger partial charge in [0.1, 0.15) is 11.6 Å². The minimum absolute atomic E-state index is 0.197. The Balaban J connectivity index is 1.86. The number of hydrogen-bond donors (Lipinski definition) is 1. The smallest absolute Gasteiger partial charge is 0.312 e. The van der Waals surface area contributed by atoms with Gasteiger partial charge in [-0.05, 0) is 46.1 Å². The Labute approximate surface area is 206 Å². The van der Waals surface area contributed by atoms with Gasteiger partial charge in [0.05, 0.1) is 37.2 Å². The maximum atomic E-state index is 14.3. The number of amides is 2. The standard InChI is InChI=1S/C27H36N2O6/c1-6-15-28(26(3,4)5)24(32)22-27-14-13-19(35-27)20(25(33)34-7-2)21(27)23(31)29(22)18(16-30)17-11-9-8-10-12-17/h6,8-12,18-22,30H,1,7,13-16H2,2-5H3/t18-,19-,20+,21+,22?,27?/m1/s1. The van der Waals surface area contributed by atoms with Gasteiger partial charge in [0, 0.05) is 12.1 Å². The summed E-state index contributed by atoms with van der Waals surface area (Å²) in [6, 6.07) is 7.43. The monoisotopic (exact) mass is 484 g/mol. The topological polar surface area (TPSA) is 96.4 Å². The Kier molecular flexibility index (Phi) is 6.81. The van der Waals surface area contributed by atoms with Crippen molar-refractivity contribution >= 4 is 17.8 Å². The predicted molar refractivity (Wildman–Crippen MR) is 129 cm³/mol. The minimum Gasteiger partial charge on any atom is -0.466 e. The van der Waals surface area contributed by atoms with Gasteiger partial charge in [-0.3, -0.25) is 14.4 Å². The zero-order valence-electron chi connectivity index (χ0n) is 21.0. The highest BCUT2D eigenvalue weighted by Gasteiger charge is 2.75. The van der Waals surface area contributed by atoms with Crippen molar-refractivity contribution in [1.82, 2.24) is 9.80 Å². The van der Waals surface area contributed by atoms with E-state index in [4.69, 9.17) is 9.47 Å². The fraction of sp³-hybridized carbons (Fsp3) is 0.593. The molecule has 3 aliphatic rings. The molecule has 0 aromatic heterocycles. The first-order chi connectivity index (χ1) is 16.6. The van der Waals surface area contributed by atoms with Crippen molar-refractivity contribution < 1.29 is 29.0 Å². The van der Waals surface area contributed by atoms with Crippen LogP contribution in [0.3, 0.4) is 0 Å². The van der Waals surface area contributed by atoms with Crippen molar-refractivity contribution in [2.45, 2.75) is 69.9 Å². The lowest BCUT2D eigenvalue weighted by Crippen LogP contribution is -2.60. The summed E-state index contributed by atoms with van der Waals surface area (Å²) in [7, 11) is 0. The molecule has 0 aliphatic carbocycles. The largest absolute Gasteiger partial charge is 0.466 e. The molecule has 1 N–H and O–H groups in total. The van der Waals surface area contributed by atoms with E-state index in [1.807, 2.05) is 51.1 Å². The lowest BCUT2D eigenvalue weighted by atomic mass is 9.70. The summed E-state index contributed by atoms with van der Waals surface area (Å²) in [5.74, 6) is -2.69. The molecule has 190 valence electrons. The van der Waals surface area contributed by atoms with Gasteiger partial charge in [-0.15, -0.1) is 6.58 Å². The lowest BCUT2D eigenvalue weighted by Gasteiger charge is -2.43. The first-order valence-electron chi connectivity index (χ1n) is 12.4. The van der Waals surface area contributed by atoms with Gasteiger partial charge in [-0.1, -0.05) is 36.4 Å². The summed E-state index contributed by atoms with van der Waals surface area (Å²) in [6.07, 6.45) is 2.24. The molecule has 0 radical (unpaired) electrons. The zero-order valence-corrected chi connectivity index (χ0v) is 21.0. The zero-order chi connectivity index (χ0) is 25.5. The van der Waals surface area contributed by atoms with Crippen molar-refractivity contribution in [3.63, 3.8) is 0 Å². The summed E-state index contributed by atoms with van der Waals surface area (Å²) in [4.78, 5) is 44.6. The van der Waals surface area contributed by atoms with E-state index in [1.54, 1.807) is 17.9 Å². The van der Waals surface area contributed by atoms with Gasteiger partial charge in [0.25, 0.3) is 0 Å². The fourth-order valence-corrected chi connectivity index (χ4v) is 6.21. The third-order valence-electron chi connectivity index (χ3n) is 7.61. The Morgan fingerprint density at radius 2 is 2.03 bits per heavy atom. The molecule has 4 rings (SSSR count). The van der Waals surface area contributed by atoms with Crippen molar-refractivity contribution in [2.75, 3.05) is 19.8 Å². The second kappa shape index (κ2) is 9.39. The number of likely N-dealkylation sites (tertiary alicyclic amines) is 1. The molecule has 1 aromatic rings. The van der Waals surface area contributed by atoms with Gasteiger partial charge in [0.15, 0.2) is 0 Å². The molecule has 1 spiro atoms. The van der Waals surface area contributed by atoms with Crippen LogP contribution in [0.15, 0.2) is 43.0 Å². The van der Waals surface area contributed by atoms with Crippen molar-refractivity contribution in [3.05, 3.63) is 48.6 Å². The van der Waals surface area contributed by atoms with Crippen LogP contribution < -0.4 is 0 Å². The number of aliphatic hydroxyl groups excluding tert-OH is 1. The van der Waals surface area contributed by atoms with Gasteiger partial charge < -0.3 is 24.4 Å². The van der Waals surface area contributed by atoms with E-state index in [9.17, 15) is 19.5 Å². The number of hydrogen-bond acceptors (Lipinski definition) is 6. The van der Waals surface area contributed by atoms with E-state index < -0.39 is 47.1 Å². The van der Waals surface area contributed by atoms with Crippen LogP contribution in [0.25, 0.3) is 0 Å². The number of benzene rings is 1. The molecule has 3 heterocycles. The number of nitrogens with zero attached hydrogens (tertiary/aromatic N) is 2. The van der Waals surface area contributed by atoms with Gasteiger partial charge >= 0.3 is 5.97 Å². The summed E-state index contributed by atoms with van der Waals surface area (Å²) in [5.41, 5.74) is -0.984. The van der Waals surface area contributed by atoms with Crippen molar-refractivity contribution in [1.29, 1.82) is 0 Å². The predicted octanol–water partition coefficient (Wildman–Crippen LogP) is 2.47. The highest BCUT2D eigenvalue weighted by Crippen LogP contribution is 2.60. The molecular formula is C27H36N2O6. The van der Waals surface area contributed by atoms with E-state index in [1.165, 1.54) is 4.90 Å². The fourth-order valence-electron chi connectivity index (χ4n) is 6.21. The molecular weight excluding hydrogens is 448 g/mol. The molecule has 1 aromatic carbocycles. The number of rotatable bonds is 8. The Morgan fingerprint density at radius 1 is 1.34 bits per heavy atom. The Morgan fingerprint density at radius 3 is 2.60 bits per heavy atom. The summed E-state index contributed by atoms with van der Waals surface area (Å²) < 4.78 is 11.8. The molecule has 3 saturated heterocycles. The maximum Gasteiger partial charge on any atom is 0.312 e. The number of carbonyl (C=O) groups excluding carboxylic acids is 3. The van der Waals surface area contributed by atoms with Crippen LogP contribution in [0, 0.1) is 11.8 Å². The molecule has 2 bridgehead atoms. The SMILES string of the molecule is C=CCN(C(=O)C1N([C@H](CO)c2ccccc2)C(=O)[C@@H]2[C@@H](C(=O)OCC)[C@H]3CCC12O3)C(C)(C)C. The Hall–Kier alpha value is -2.71. The molecule has 35 heavy (non-hydrogen) atoms. The molecule has 6 atom stereocenters. The highest BCUT2D eigenvalue weighted by molar-refractivity contribution is 5.98. The molecule has 2 amide bonds. The van der Waals surface area contributed by atoms with E-state index in [2.05, 4.69) is 6.58 Å². The highest BCUT2D eigenvalue weighted by atomic mass is 16.6. The summed E-state index contributed by atoms with van der Waals surface area (Å²) in [5, 5.41) is 10.5. The number of carbonyl (C=O) groups is 3. The van der Waals surface area contributed by atoms with Crippen LogP contribution in [0.5, 0.6) is 0 Å². The average Bonchev–Trinajstić information content (AvgIpc) is 3.46.